The van der Waals surface area contributed by atoms with Crippen LogP contribution in [0.15, 0.2) is 46.3 Å². The first kappa shape index (κ1) is 21.2. The third-order valence-corrected chi connectivity index (χ3v) is 7.11. The van der Waals surface area contributed by atoms with E-state index in [0.717, 1.165) is 57.9 Å². The van der Waals surface area contributed by atoms with Gasteiger partial charge in [-0.2, -0.15) is 0 Å². The molecule has 0 saturated carbocycles. The highest BCUT2D eigenvalue weighted by Crippen LogP contribution is 2.47. The molecule has 1 N–H and O–H groups in total. The molecule has 0 fully saturated rings. The summed E-state index contributed by atoms with van der Waals surface area (Å²) in [6, 6.07) is 9.81. The van der Waals surface area contributed by atoms with E-state index in [1.165, 1.54) is 0 Å². The Morgan fingerprint density at radius 3 is 2.80 bits per heavy atom. The van der Waals surface area contributed by atoms with Crippen LogP contribution in [-0.2, 0) is 16.1 Å². The minimum absolute atomic E-state index is 0.0195. The summed E-state index contributed by atoms with van der Waals surface area (Å²) >= 11 is 7.75. The molecular formula is C23H25ClN2O3S. The highest BCUT2D eigenvalue weighted by atomic mass is 35.5. The third-order valence-electron chi connectivity index (χ3n) is 5.74. The van der Waals surface area contributed by atoms with Crippen molar-refractivity contribution in [3.05, 3.63) is 52.9 Å². The Morgan fingerprint density at radius 2 is 2.13 bits per heavy atom. The van der Waals surface area contributed by atoms with Crippen molar-refractivity contribution in [3.63, 3.8) is 0 Å². The number of pyridine rings is 1. The van der Waals surface area contributed by atoms with E-state index in [4.69, 9.17) is 21.3 Å². The summed E-state index contributed by atoms with van der Waals surface area (Å²) in [5.41, 5.74) is 3.14. The maximum absolute atomic E-state index is 11.6. The van der Waals surface area contributed by atoms with Crippen LogP contribution in [0.1, 0.15) is 56.0 Å². The number of benzene rings is 1. The van der Waals surface area contributed by atoms with Crippen LogP contribution in [0.2, 0.25) is 5.02 Å². The van der Waals surface area contributed by atoms with E-state index in [0.29, 0.717) is 5.02 Å². The fourth-order valence-electron chi connectivity index (χ4n) is 4.43. The van der Waals surface area contributed by atoms with Crippen LogP contribution in [0.3, 0.4) is 0 Å². The van der Waals surface area contributed by atoms with E-state index in [2.05, 4.69) is 11.5 Å². The number of ether oxygens (including phenoxy) is 1. The van der Waals surface area contributed by atoms with Crippen LogP contribution < -0.4 is 0 Å². The number of aryl methyl sites for hydroxylation is 1. The third kappa shape index (κ3) is 3.96. The summed E-state index contributed by atoms with van der Waals surface area (Å²) in [5.74, 6) is -0.781. The van der Waals surface area contributed by atoms with Crippen LogP contribution >= 0.6 is 23.4 Å². The number of carboxylic acid groups (broad SMARTS) is 1. The van der Waals surface area contributed by atoms with Crippen molar-refractivity contribution in [1.29, 1.82) is 0 Å². The smallest absolute Gasteiger partial charge is 0.304 e. The molecule has 5 nitrogen and oxygen atoms in total. The lowest BCUT2D eigenvalue weighted by molar-refractivity contribution is -0.137. The summed E-state index contributed by atoms with van der Waals surface area (Å²) in [7, 11) is 1.71. The van der Waals surface area contributed by atoms with E-state index in [1.807, 2.05) is 36.5 Å². The Kier molecular flexibility index (Phi) is 6.37. The number of hydrogen-bond acceptors (Lipinski definition) is 4. The Morgan fingerprint density at radius 1 is 1.37 bits per heavy atom. The molecule has 2 unspecified atom stereocenters. The van der Waals surface area contributed by atoms with Crippen LogP contribution in [0.4, 0.5) is 0 Å². The fraction of sp³-hybridized carbons (Fsp3) is 0.391. The first-order chi connectivity index (χ1) is 14.5. The Bertz CT molecular complexity index is 1060. The van der Waals surface area contributed by atoms with E-state index in [1.54, 1.807) is 18.9 Å². The molecule has 0 aliphatic carbocycles. The van der Waals surface area contributed by atoms with Crippen molar-refractivity contribution >= 4 is 40.2 Å². The van der Waals surface area contributed by atoms with E-state index in [9.17, 15) is 9.90 Å². The molecule has 0 saturated heterocycles. The standard InChI is InChI=1S/C23H25ClN2O3S/c1-3-18(29-2)21-20-17(10-11-25-21)26-12-4-5-14(13-19(27)28)22(26)23(20)30-16-8-6-15(24)7-9-16/h6-11,14,18H,3-5,12-13H2,1-2H3,(H,27,28). The second-order valence-corrected chi connectivity index (χ2v) is 9.10. The lowest BCUT2D eigenvalue weighted by Crippen LogP contribution is -2.18. The molecular weight excluding hydrogens is 420 g/mol. The molecule has 1 aromatic carbocycles. The quantitative estimate of drug-likeness (QED) is 0.463. The number of halogens is 1. The summed E-state index contributed by atoms with van der Waals surface area (Å²) in [6.07, 6.45) is 4.52. The molecule has 3 aromatic rings. The number of methoxy groups -OCH3 is 1. The lowest BCUT2D eigenvalue weighted by Gasteiger charge is -2.25. The van der Waals surface area contributed by atoms with Gasteiger partial charge in [-0.15, -0.1) is 0 Å². The predicted octanol–water partition coefficient (Wildman–Crippen LogP) is 6.29. The zero-order valence-corrected chi connectivity index (χ0v) is 18.7. The molecule has 1 aliphatic heterocycles. The number of aliphatic carboxylic acids is 1. The van der Waals surface area contributed by atoms with Gasteiger partial charge in [-0.1, -0.05) is 30.3 Å². The molecule has 158 valence electrons. The van der Waals surface area contributed by atoms with E-state index < -0.39 is 5.97 Å². The van der Waals surface area contributed by atoms with Gasteiger partial charge in [0.25, 0.3) is 0 Å². The van der Waals surface area contributed by atoms with E-state index in [-0.39, 0.29) is 18.4 Å². The largest absolute Gasteiger partial charge is 0.481 e. The number of rotatable bonds is 7. The molecule has 0 spiro atoms. The molecule has 0 radical (unpaired) electrons. The second-order valence-electron chi connectivity index (χ2n) is 7.58. The second kappa shape index (κ2) is 9.00. The summed E-state index contributed by atoms with van der Waals surface area (Å²) in [5, 5.41) is 11.3. The average Bonchev–Trinajstić information content (AvgIpc) is 3.06. The zero-order valence-electron chi connectivity index (χ0n) is 17.1. The Balaban J connectivity index is 1.96. The van der Waals surface area contributed by atoms with Gasteiger partial charge in [0.05, 0.1) is 23.7 Å². The topological polar surface area (TPSA) is 64.4 Å². The number of hydrogen-bond donors (Lipinski definition) is 1. The molecule has 2 aromatic heterocycles. The molecule has 0 amide bonds. The summed E-state index contributed by atoms with van der Waals surface area (Å²) in [4.78, 5) is 18.5. The molecule has 2 atom stereocenters. The molecule has 4 rings (SSSR count). The molecule has 1 aliphatic rings. The predicted molar refractivity (Wildman–Crippen MR) is 120 cm³/mol. The Labute approximate surface area is 185 Å². The fourth-order valence-corrected chi connectivity index (χ4v) is 5.76. The zero-order chi connectivity index (χ0) is 21.3. The number of aromatic nitrogens is 2. The summed E-state index contributed by atoms with van der Waals surface area (Å²) in [6.45, 7) is 2.97. The maximum Gasteiger partial charge on any atom is 0.304 e. The number of fused-ring (bicyclic) bond motifs is 3. The van der Waals surface area contributed by atoms with Crippen LogP contribution in [0.25, 0.3) is 10.9 Å². The van der Waals surface area contributed by atoms with Crippen molar-refractivity contribution in [3.8, 4) is 0 Å². The van der Waals surface area contributed by atoms with Gasteiger partial charge >= 0.3 is 5.97 Å². The lowest BCUT2D eigenvalue weighted by atomic mass is 9.92. The molecule has 0 bridgehead atoms. The van der Waals surface area contributed by atoms with Crippen LogP contribution in [0, 0.1) is 0 Å². The van der Waals surface area contributed by atoms with Crippen molar-refractivity contribution in [2.75, 3.05) is 7.11 Å². The maximum atomic E-state index is 11.6. The molecule has 7 heteroatoms. The van der Waals surface area contributed by atoms with Crippen LogP contribution in [-0.4, -0.2) is 27.7 Å². The minimum Gasteiger partial charge on any atom is -0.481 e. The van der Waals surface area contributed by atoms with Gasteiger partial charge in [0.1, 0.15) is 0 Å². The van der Waals surface area contributed by atoms with Gasteiger partial charge in [-0.05, 0) is 49.6 Å². The summed E-state index contributed by atoms with van der Waals surface area (Å²) < 4.78 is 8.05. The van der Waals surface area contributed by atoms with Crippen molar-refractivity contribution < 1.29 is 14.6 Å². The number of nitrogens with zero attached hydrogens (tertiary/aromatic N) is 2. The normalized spacial score (nSPS) is 17.1. The van der Waals surface area contributed by atoms with Gasteiger partial charge in [0, 0.05) is 51.7 Å². The molecule has 3 heterocycles. The first-order valence-corrected chi connectivity index (χ1v) is 11.4. The van der Waals surface area contributed by atoms with Gasteiger partial charge in [-0.25, -0.2) is 0 Å². The average molecular weight is 445 g/mol. The monoisotopic (exact) mass is 444 g/mol. The van der Waals surface area contributed by atoms with Gasteiger partial charge in [-0.3, -0.25) is 9.78 Å². The SMILES string of the molecule is CCC(OC)c1nccc2c1c(Sc1ccc(Cl)cc1)c1n2CCCC1CC(=O)O. The van der Waals surface area contributed by atoms with Gasteiger partial charge in [0.2, 0.25) is 0 Å². The Hall–Kier alpha value is -2.02. The highest BCUT2D eigenvalue weighted by Gasteiger charge is 2.31. The minimum atomic E-state index is -0.761. The van der Waals surface area contributed by atoms with Crippen molar-refractivity contribution in [1.82, 2.24) is 9.55 Å². The van der Waals surface area contributed by atoms with Crippen molar-refractivity contribution in [2.24, 2.45) is 0 Å². The van der Waals surface area contributed by atoms with Crippen molar-refractivity contribution in [2.45, 2.75) is 61.0 Å². The number of carboxylic acids is 1. The highest BCUT2D eigenvalue weighted by molar-refractivity contribution is 7.99. The van der Waals surface area contributed by atoms with Gasteiger partial charge in [0.15, 0.2) is 0 Å². The van der Waals surface area contributed by atoms with Crippen LogP contribution in [0.5, 0.6) is 0 Å². The van der Waals surface area contributed by atoms with Gasteiger partial charge < -0.3 is 14.4 Å². The number of carbonyl (C=O) groups is 1. The molecule has 30 heavy (non-hydrogen) atoms. The van der Waals surface area contributed by atoms with E-state index >= 15 is 0 Å². The first-order valence-electron chi connectivity index (χ1n) is 10.2.